The van der Waals surface area contributed by atoms with Gasteiger partial charge in [0.15, 0.2) is 5.84 Å². The van der Waals surface area contributed by atoms with Crippen LogP contribution in [0.2, 0.25) is 0 Å². The minimum absolute atomic E-state index is 0.203. The SMILES string of the molecule is COC1CN(CC2NC(c3ccc(C)c(NC(=O)c4cnc5ccccn45)c3)=NO2)C1. The Labute approximate surface area is 179 Å². The number of aromatic nitrogens is 2. The van der Waals surface area contributed by atoms with Crippen molar-refractivity contribution in [1.29, 1.82) is 0 Å². The van der Waals surface area contributed by atoms with Crippen LogP contribution in [0.1, 0.15) is 21.6 Å². The van der Waals surface area contributed by atoms with E-state index in [0.29, 0.717) is 23.3 Å². The standard InChI is InChI=1S/C22H24N6O3/c1-14-6-7-15(21-25-20(31-26-21)13-27-11-16(12-27)30-2)9-17(14)24-22(29)18-10-23-19-5-3-4-8-28(18)19/h3-10,16,20H,11-13H2,1-2H3,(H,24,29)(H,25,26). The van der Waals surface area contributed by atoms with Crippen molar-refractivity contribution < 1.29 is 14.4 Å². The van der Waals surface area contributed by atoms with Gasteiger partial charge in [0, 0.05) is 37.6 Å². The van der Waals surface area contributed by atoms with Crippen LogP contribution in [-0.2, 0) is 9.57 Å². The van der Waals surface area contributed by atoms with Gasteiger partial charge in [0.25, 0.3) is 5.91 Å². The Hall–Kier alpha value is -3.43. The Kier molecular flexibility index (Phi) is 5.05. The molecule has 1 unspecified atom stereocenters. The zero-order valence-electron chi connectivity index (χ0n) is 17.4. The lowest BCUT2D eigenvalue weighted by Gasteiger charge is -2.38. The van der Waals surface area contributed by atoms with Gasteiger partial charge in [0.05, 0.1) is 18.8 Å². The van der Waals surface area contributed by atoms with E-state index in [-0.39, 0.29) is 12.1 Å². The van der Waals surface area contributed by atoms with Crippen molar-refractivity contribution in [3.05, 3.63) is 65.6 Å². The molecule has 1 fully saturated rings. The van der Waals surface area contributed by atoms with Gasteiger partial charge in [-0.3, -0.25) is 14.1 Å². The van der Waals surface area contributed by atoms with E-state index in [1.807, 2.05) is 49.5 Å². The van der Waals surface area contributed by atoms with Crippen molar-refractivity contribution in [3.63, 3.8) is 0 Å². The highest BCUT2D eigenvalue weighted by Crippen LogP contribution is 2.21. The number of pyridine rings is 1. The molecule has 0 aliphatic carbocycles. The Balaban J connectivity index is 1.27. The second-order valence-corrected chi connectivity index (χ2v) is 7.81. The van der Waals surface area contributed by atoms with Crippen LogP contribution in [0.5, 0.6) is 0 Å². The Morgan fingerprint density at radius 3 is 3.03 bits per heavy atom. The molecule has 1 amide bonds. The average Bonchev–Trinajstić information content (AvgIpc) is 3.39. The quantitative estimate of drug-likeness (QED) is 0.632. The molecule has 160 valence electrons. The smallest absolute Gasteiger partial charge is 0.274 e. The Morgan fingerprint density at radius 1 is 1.32 bits per heavy atom. The molecule has 9 heteroatoms. The number of carbonyl (C=O) groups is 1. The molecule has 0 radical (unpaired) electrons. The first kappa shape index (κ1) is 19.5. The number of fused-ring (bicyclic) bond motifs is 1. The summed E-state index contributed by atoms with van der Waals surface area (Å²) in [7, 11) is 1.73. The van der Waals surface area contributed by atoms with Crippen LogP contribution in [0.3, 0.4) is 0 Å². The number of carbonyl (C=O) groups excluding carboxylic acids is 1. The Bertz CT molecular complexity index is 1150. The first-order chi connectivity index (χ1) is 15.1. The van der Waals surface area contributed by atoms with Crippen molar-refractivity contribution in [3.8, 4) is 0 Å². The highest BCUT2D eigenvalue weighted by atomic mass is 16.7. The summed E-state index contributed by atoms with van der Waals surface area (Å²) < 4.78 is 7.07. The van der Waals surface area contributed by atoms with Crippen LogP contribution in [-0.4, -0.2) is 65.1 Å². The summed E-state index contributed by atoms with van der Waals surface area (Å²) in [6.45, 7) is 4.48. The van der Waals surface area contributed by atoms with E-state index >= 15 is 0 Å². The molecule has 0 saturated carbocycles. The normalized spacial score (nSPS) is 18.9. The molecule has 3 aromatic rings. The molecule has 0 bridgehead atoms. The van der Waals surface area contributed by atoms with Gasteiger partial charge in [0.1, 0.15) is 11.3 Å². The van der Waals surface area contributed by atoms with Crippen molar-refractivity contribution in [2.75, 3.05) is 32.1 Å². The van der Waals surface area contributed by atoms with E-state index in [1.165, 1.54) is 0 Å². The molecule has 4 heterocycles. The fourth-order valence-electron chi connectivity index (χ4n) is 3.78. The summed E-state index contributed by atoms with van der Waals surface area (Å²) in [5.74, 6) is 0.430. The van der Waals surface area contributed by atoms with Crippen LogP contribution in [0, 0.1) is 6.92 Å². The maximum Gasteiger partial charge on any atom is 0.274 e. The molecule has 1 aromatic carbocycles. The molecule has 2 aliphatic heterocycles. The topological polar surface area (TPSA) is 92.5 Å². The largest absolute Gasteiger partial charge is 0.379 e. The number of nitrogens with one attached hydrogen (secondary N) is 2. The molecule has 31 heavy (non-hydrogen) atoms. The van der Waals surface area contributed by atoms with Crippen LogP contribution < -0.4 is 10.6 Å². The number of benzene rings is 1. The predicted octanol–water partition coefficient (Wildman–Crippen LogP) is 1.83. The molecule has 5 rings (SSSR count). The summed E-state index contributed by atoms with van der Waals surface area (Å²) in [6.07, 6.45) is 3.50. The van der Waals surface area contributed by atoms with E-state index in [1.54, 1.807) is 17.7 Å². The van der Waals surface area contributed by atoms with Gasteiger partial charge in [-0.15, -0.1) is 0 Å². The third-order valence-electron chi connectivity index (χ3n) is 5.66. The number of oxime groups is 1. The number of hydrogen-bond acceptors (Lipinski definition) is 7. The van der Waals surface area contributed by atoms with E-state index in [9.17, 15) is 4.79 Å². The molecule has 2 aromatic heterocycles. The molecular formula is C22H24N6O3. The van der Waals surface area contributed by atoms with Gasteiger partial charge in [-0.25, -0.2) is 4.98 Å². The van der Waals surface area contributed by atoms with Crippen LogP contribution in [0.15, 0.2) is 53.9 Å². The Morgan fingerprint density at radius 2 is 2.19 bits per heavy atom. The first-order valence-corrected chi connectivity index (χ1v) is 10.2. The van der Waals surface area contributed by atoms with E-state index in [4.69, 9.17) is 9.57 Å². The van der Waals surface area contributed by atoms with Crippen LogP contribution in [0.4, 0.5) is 5.69 Å². The van der Waals surface area contributed by atoms with Crippen molar-refractivity contribution >= 4 is 23.1 Å². The molecule has 9 nitrogen and oxygen atoms in total. The summed E-state index contributed by atoms with van der Waals surface area (Å²) in [4.78, 5) is 25.0. The molecule has 2 aliphatic rings. The number of likely N-dealkylation sites (tertiary alicyclic amines) is 1. The third-order valence-corrected chi connectivity index (χ3v) is 5.66. The molecule has 0 spiro atoms. The number of amidine groups is 1. The molecule has 1 atom stereocenters. The van der Waals surface area contributed by atoms with Crippen molar-refractivity contribution in [2.45, 2.75) is 19.3 Å². The summed E-state index contributed by atoms with van der Waals surface area (Å²) in [6, 6.07) is 11.4. The average molecular weight is 420 g/mol. The van der Waals surface area contributed by atoms with Crippen LogP contribution in [0.25, 0.3) is 5.65 Å². The number of imidazole rings is 1. The molecule has 2 N–H and O–H groups in total. The zero-order chi connectivity index (χ0) is 21.4. The van der Waals surface area contributed by atoms with E-state index in [2.05, 4.69) is 25.7 Å². The number of aryl methyl sites for hydroxylation is 1. The predicted molar refractivity (Wildman–Crippen MR) is 116 cm³/mol. The summed E-state index contributed by atoms with van der Waals surface area (Å²) >= 11 is 0. The number of anilines is 1. The van der Waals surface area contributed by atoms with Gasteiger partial charge < -0.3 is 20.2 Å². The van der Waals surface area contributed by atoms with Gasteiger partial charge in [-0.1, -0.05) is 23.4 Å². The lowest BCUT2D eigenvalue weighted by molar-refractivity contribution is -0.0562. The second kappa shape index (κ2) is 8.01. The number of amides is 1. The zero-order valence-corrected chi connectivity index (χ0v) is 17.4. The first-order valence-electron chi connectivity index (χ1n) is 10.2. The fourth-order valence-corrected chi connectivity index (χ4v) is 3.78. The number of hydrogen-bond donors (Lipinski definition) is 2. The number of ether oxygens (including phenoxy) is 1. The number of methoxy groups -OCH3 is 1. The van der Waals surface area contributed by atoms with Crippen molar-refractivity contribution in [1.82, 2.24) is 19.6 Å². The van der Waals surface area contributed by atoms with Crippen LogP contribution >= 0.6 is 0 Å². The van der Waals surface area contributed by atoms with E-state index < -0.39 is 0 Å². The highest BCUT2D eigenvalue weighted by Gasteiger charge is 2.31. The summed E-state index contributed by atoms with van der Waals surface area (Å²) in [5, 5.41) is 10.5. The molecule has 1 saturated heterocycles. The number of nitrogens with zero attached hydrogens (tertiary/aromatic N) is 4. The molecular weight excluding hydrogens is 396 g/mol. The fraction of sp³-hybridized carbons (Fsp3) is 0.318. The monoisotopic (exact) mass is 420 g/mol. The number of rotatable bonds is 6. The lowest BCUT2D eigenvalue weighted by Crippen LogP contribution is -2.55. The van der Waals surface area contributed by atoms with E-state index in [0.717, 1.165) is 36.4 Å². The third kappa shape index (κ3) is 3.85. The highest BCUT2D eigenvalue weighted by molar-refractivity contribution is 6.05. The minimum atomic E-state index is -0.222. The second-order valence-electron chi connectivity index (χ2n) is 7.81. The maximum atomic E-state index is 12.9. The van der Waals surface area contributed by atoms with Gasteiger partial charge in [0.2, 0.25) is 6.23 Å². The minimum Gasteiger partial charge on any atom is -0.379 e. The maximum absolute atomic E-state index is 12.9. The lowest BCUT2D eigenvalue weighted by atomic mass is 10.1. The summed E-state index contributed by atoms with van der Waals surface area (Å²) in [5.41, 5.74) is 3.72. The van der Waals surface area contributed by atoms with Gasteiger partial charge in [-0.05, 0) is 30.7 Å². The van der Waals surface area contributed by atoms with Crippen molar-refractivity contribution in [2.24, 2.45) is 5.16 Å². The van der Waals surface area contributed by atoms with Gasteiger partial charge >= 0.3 is 0 Å². The van der Waals surface area contributed by atoms with Gasteiger partial charge in [-0.2, -0.15) is 0 Å².